The molecule has 2 heterocycles. The Balaban J connectivity index is 1.85. The van der Waals surface area contributed by atoms with E-state index in [1.54, 1.807) is 0 Å². The van der Waals surface area contributed by atoms with E-state index in [1.165, 1.54) is 0 Å². The summed E-state index contributed by atoms with van der Waals surface area (Å²) in [5.74, 6) is 1.47. The van der Waals surface area contributed by atoms with Gasteiger partial charge < -0.3 is 29.5 Å². The van der Waals surface area contributed by atoms with Crippen molar-refractivity contribution in [3.63, 3.8) is 0 Å². The molecular weight excluding hydrogens is 394 g/mol. The second-order valence-corrected chi connectivity index (χ2v) is 10.1. The van der Waals surface area contributed by atoms with E-state index in [0.717, 1.165) is 71.0 Å². The molecule has 1 amide bonds. The number of hydrogen-bond donors (Lipinski definition) is 1. The monoisotopic (exact) mass is 439 g/mol. The number of hydrogen-bond acceptors (Lipinski definition) is 5. The van der Waals surface area contributed by atoms with Crippen LogP contribution in [-0.4, -0.2) is 105 Å². The molecule has 0 saturated carbocycles. The highest BCUT2D eigenvalue weighted by atomic mass is 16.6. The highest BCUT2D eigenvalue weighted by Crippen LogP contribution is 2.25. The summed E-state index contributed by atoms with van der Waals surface area (Å²) in [4.78, 5) is 23.5. The predicted molar refractivity (Wildman–Crippen MR) is 126 cm³/mol. The summed E-state index contributed by atoms with van der Waals surface area (Å²) in [5, 5.41) is 3.64. The molecule has 0 unspecified atom stereocenters. The van der Waals surface area contributed by atoms with Crippen LogP contribution in [0.15, 0.2) is 4.99 Å². The minimum absolute atomic E-state index is 0.113. The lowest BCUT2D eigenvalue weighted by Gasteiger charge is -2.44. The Morgan fingerprint density at radius 1 is 1.23 bits per heavy atom. The first-order valence-electron chi connectivity index (χ1n) is 11.8. The maximum absolute atomic E-state index is 12.5. The van der Waals surface area contributed by atoms with Crippen molar-refractivity contribution in [3.8, 4) is 0 Å². The van der Waals surface area contributed by atoms with Crippen LogP contribution in [0.3, 0.4) is 0 Å². The van der Waals surface area contributed by atoms with E-state index in [1.807, 2.05) is 39.6 Å². The van der Waals surface area contributed by atoms with E-state index in [9.17, 15) is 4.79 Å². The third kappa shape index (κ3) is 7.52. The van der Waals surface area contributed by atoms with Gasteiger partial charge in [0.25, 0.3) is 0 Å². The van der Waals surface area contributed by atoms with Gasteiger partial charge >= 0.3 is 6.09 Å². The quantitative estimate of drug-likeness (QED) is 0.507. The van der Waals surface area contributed by atoms with Crippen molar-refractivity contribution in [2.75, 3.05) is 67.1 Å². The van der Waals surface area contributed by atoms with Crippen LogP contribution >= 0.6 is 0 Å². The lowest BCUT2D eigenvalue weighted by Crippen LogP contribution is -2.58. The van der Waals surface area contributed by atoms with Crippen molar-refractivity contribution < 1.29 is 14.3 Å². The van der Waals surface area contributed by atoms with Gasteiger partial charge in [-0.3, -0.25) is 4.99 Å². The Hall–Kier alpha value is -1.54. The van der Waals surface area contributed by atoms with Crippen LogP contribution in [0.2, 0.25) is 0 Å². The van der Waals surface area contributed by atoms with Gasteiger partial charge in [0, 0.05) is 58.5 Å². The topological polar surface area (TPSA) is 69.6 Å². The molecule has 8 heteroatoms. The summed E-state index contributed by atoms with van der Waals surface area (Å²) in [6.45, 7) is 13.6. The number of carbonyl (C=O) groups is 1. The lowest BCUT2D eigenvalue weighted by molar-refractivity contribution is -0.00533. The van der Waals surface area contributed by atoms with Gasteiger partial charge in [-0.1, -0.05) is 0 Å². The molecule has 2 aliphatic heterocycles. The molecule has 0 aromatic carbocycles. The van der Waals surface area contributed by atoms with Crippen LogP contribution in [0.5, 0.6) is 0 Å². The van der Waals surface area contributed by atoms with Crippen LogP contribution in [-0.2, 0) is 9.47 Å². The molecule has 0 atom stereocenters. The zero-order valence-electron chi connectivity index (χ0n) is 20.9. The fourth-order valence-electron chi connectivity index (χ4n) is 4.41. The Labute approximate surface area is 189 Å². The van der Waals surface area contributed by atoms with Crippen LogP contribution in [0.25, 0.3) is 0 Å². The summed E-state index contributed by atoms with van der Waals surface area (Å²) in [7, 11) is 6.18. The predicted octanol–water partition coefficient (Wildman–Crippen LogP) is 2.64. The van der Waals surface area contributed by atoms with Crippen LogP contribution in [0, 0.1) is 5.92 Å². The standard InChI is InChI=1S/C23H45N5O3/c1-8-27(21(29)31-22(2,3)4)17-19-9-13-28(14-10-19)20(24-5)25-18-23(26(6)7)11-15-30-16-12-23/h19H,8-18H2,1-7H3,(H,24,25). The molecule has 0 aromatic heterocycles. The lowest BCUT2D eigenvalue weighted by atomic mass is 9.88. The van der Waals surface area contributed by atoms with Gasteiger partial charge in [-0.25, -0.2) is 4.79 Å². The number of rotatable bonds is 6. The number of amides is 1. The van der Waals surface area contributed by atoms with Crippen molar-refractivity contribution >= 4 is 12.1 Å². The summed E-state index contributed by atoms with van der Waals surface area (Å²) < 4.78 is 11.2. The number of ether oxygens (including phenoxy) is 2. The molecule has 2 fully saturated rings. The maximum Gasteiger partial charge on any atom is 0.410 e. The number of likely N-dealkylation sites (tertiary alicyclic amines) is 1. The molecule has 2 aliphatic rings. The van der Waals surface area contributed by atoms with E-state index >= 15 is 0 Å². The van der Waals surface area contributed by atoms with Gasteiger partial charge in [-0.2, -0.15) is 0 Å². The number of carbonyl (C=O) groups excluding carboxylic acids is 1. The van der Waals surface area contributed by atoms with Gasteiger partial charge in [0.05, 0.1) is 0 Å². The van der Waals surface area contributed by atoms with E-state index in [0.29, 0.717) is 12.5 Å². The third-order valence-electron chi connectivity index (χ3n) is 6.59. The second kappa shape index (κ2) is 11.4. The fourth-order valence-corrected chi connectivity index (χ4v) is 4.41. The maximum atomic E-state index is 12.5. The minimum atomic E-state index is -0.458. The first-order chi connectivity index (χ1) is 14.6. The number of piperidine rings is 1. The largest absolute Gasteiger partial charge is 0.444 e. The average Bonchev–Trinajstić information content (AvgIpc) is 2.72. The average molecular weight is 440 g/mol. The number of nitrogens with one attached hydrogen (secondary N) is 1. The molecule has 0 aliphatic carbocycles. The molecule has 0 spiro atoms. The number of guanidine groups is 1. The molecule has 31 heavy (non-hydrogen) atoms. The third-order valence-corrected chi connectivity index (χ3v) is 6.59. The number of nitrogens with zero attached hydrogens (tertiary/aromatic N) is 4. The van der Waals surface area contributed by atoms with E-state index in [4.69, 9.17) is 9.47 Å². The summed E-state index contributed by atoms with van der Waals surface area (Å²) in [6, 6.07) is 0. The second-order valence-electron chi connectivity index (χ2n) is 10.1. The van der Waals surface area contributed by atoms with Crippen molar-refractivity contribution in [1.82, 2.24) is 20.0 Å². The van der Waals surface area contributed by atoms with Crippen molar-refractivity contribution in [2.45, 2.75) is 64.5 Å². The molecule has 0 bridgehead atoms. The Morgan fingerprint density at radius 3 is 2.32 bits per heavy atom. The van der Waals surface area contributed by atoms with Gasteiger partial charge in [0.15, 0.2) is 5.96 Å². The molecular formula is C23H45N5O3. The highest BCUT2D eigenvalue weighted by Gasteiger charge is 2.35. The Kier molecular flexibility index (Phi) is 9.43. The van der Waals surface area contributed by atoms with Crippen molar-refractivity contribution in [3.05, 3.63) is 0 Å². The molecule has 0 aromatic rings. The summed E-state index contributed by atoms with van der Waals surface area (Å²) in [5.41, 5.74) is -0.345. The fraction of sp³-hybridized carbons (Fsp3) is 0.913. The zero-order chi connectivity index (χ0) is 23.1. The Bertz CT molecular complexity index is 589. The van der Waals surface area contributed by atoms with Gasteiger partial charge in [0.2, 0.25) is 0 Å². The number of aliphatic imine (C=N–C) groups is 1. The Morgan fingerprint density at radius 2 is 1.84 bits per heavy atom. The molecule has 2 rings (SSSR count). The molecule has 2 saturated heterocycles. The van der Waals surface area contributed by atoms with Crippen LogP contribution in [0.1, 0.15) is 53.4 Å². The van der Waals surface area contributed by atoms with E-state index in [2.05, 4.69) is 34.2 Å². The molecule has 180 valence electrons. The van der Waals surface area contributed by atoms with Crippen molar-refractivity contribution in [1.29, 1.82) is 0 Å². The molecule has 8 nitrogen and oxygen atoms in total. The first-order valence-corrected chi connectivity index (χ1v) is 11.8. The van der Waals surface area contributed by atoms with Crippen LogP contribution < -0.4 is 5.32 Å². The van der Waals surface area contributed by atoms with Crippen LogP contribution in [0.4, 0.5) is 4.79 Å². The normalized spacial score (nSPS) is 20.6. The van der Waals surface area contributed by atoms with Crippen molar-refractivity contribution in [2.24, 2.45) is 10.9 Å². The van der Waals surface area contributed by atoms with E-state index < -0.39 is 5.60 Å². The zero-order valence-corrected chi connectivity index (χ0v) is 20.9. The first kappa shape index (κ1) is 25.7. The molecule has 1 N–H and O–H groups in total. The van der Waals surface area contributed by atoms with Gasteiger partial charge in [0.1, 0.15) is 5.60 Å². The highest BCUT2D eigenvalue weighted by molar-refractivity contribution is 5.80. The van der Waals surface area contributed by atoms with Gasteiger partial charge in [-0.15, -0.1) is 0 Å². The summed E-state index contributed by atoms with van der Waals surface area (Å²) in [6.07, 6.45) is 3.95. The SMILES string of the molecule is CCN(CC1CCN(C(=NC)NCC2(N(C)C)CCOCC2)CC1)C(=O)OC(C)(C)C. The smallest absolute Gasteiger partial charge is 0.410 e. The van der Waals surface area contributed by atoms with E-state index in [-0.39, 0.29) is 11.6 Å². The summed E-state index contributed by atoms with van der Waals surface area (Å²) >= 11 is 0. The molecule has 0 radical (unpaired) electrons. The number of likely N-dealkylation sites (N-methyl/N-ethyl adjacent to an activating group) is 1. The minimum Gasteiger partial charge on any atom is -0.444 e. The van der Waals surface area contributed by atoms with Gasteiger partial charge in [-0.05, 0) is 73.4 Å².